The Morgan fingerprint density at radius 1 is 1.30 bits per heavy atom. The molecule has 0 aliphatic heterocycles. The highest BCUT2D eigenvalue weighted by molar-refractivity contribution is 7.90. The largest absolute Gasteiger partial charge is 0.306 e. The van der Waals surface area contributed by atoms with Crippen molar-refractivity contribution in [3.05, 3.63) is 47.3 Å². The summed E-state index contributed by atoms with van der Waals surface area (Å²) in [6.07, 6.45) is 3.02. The zero-order valence-corrected chi connectivity index (χ0v) is 12.7. The SMILES string of the molecule is Cc1[nH]ncc1CNC(C)c1ccc(S(C)(=O)=O)cc1. The molecular weight excluding hydrogens is 274 g/mol. The van der Waals surface area contributed by atoms with Crippen LogP contribution in [0.4, 0.5) is 0 Å². The Balaban J connectivity index is 2.03. The second-order valence-electron chi connectivity index (χ2n) is 4.96. The fraction of sp³-hybridized carbons (Fsp3) is 0.357. The minimum absolute atomic E-state index is 0.137. The van der Waals surface area contributed by atoms with Crippen LogP contribution in [0.15, 0.2) is 35.4 Å². The van der Waals surface area contributed by atoms with Gasteiger partial charge in [0.2, 0.25) is 0 Å². The maximum Gasteiger partial charge on any atom is 0.175 e. The lowest BCUT2D eigenvalue weighted by atomic mass is 10.1. The summed E-state index contributed by atoms with van der Waals surface area (Å²) >= 11 is 0. The third-order valence-electron chi connectivity index (χ3n) is 3.34. The number of aromatic amines is 1. The number of hydrogen-bond acceptors (Lipinski definition) is 4. The van der Waals surface area contributed by atoms with Gasteiger partial charge in [-0.25, -0.2) is 8.42 Å². The van der Waals surface area contributed by atoms with E-state index in [4.69, 9.17) is 0 Å². The minimum Gasteiger partial charge on any atom is -0.306 e. The predicted octanol–water partition coefficient (Wildman–Crippen LogP) is 1.97. The first-order valence-electron chi connectivity index (χ1n) is 6.40. The number of benzene rings is 1. The highest BCUT2D eigenvalue weighted by atomic mass is 32.2. The van der Waals surface area contributed by atoms with Gasteiger partial charge in [0.25, 0.3) is 0 Å². The van der Waals surface area contributed by atoms with Crippen LogP contribution in [0.2, 0.25) is 0 Å². The summed E-state index contributed by atoms with van der Waals surface area (Å²) in [6.45, 7) is 4.75. The van der Waals surface area contributed by atoms with Crippen molar-refractivity contribution in [3.8, 4) is 0 Å². The van der Waals surface area contributed by atoms with Crippen molar-refractivity contribution < 1.29 is 8.42 Å². The Kier molecular flexibility index (Phi) is 4.25. The molecule has 20 heavy (non-hydrogen) atoms. The average molecular weight is 293 g/mol. The van der Waals surface area contributed by atoms with E-state index in [0.29, 0.717) is 4.90 Å². The van der Waals surface area contributed by atoms with Crippen LogP contribution >= 0.6 is 0 Å². The minimum atomic E-state index is -3.13. The summed E-state index contributed by atoms with van der Waals surface area (Å²) in [4.78, 5) is 0.346. The van der Waals surface area contributed by atoms with E-state index >= 15 is 0 Å². The molecule has 0 bridgehead atoms. The van der Waals surface area contributed by atoms with Gasteiger partial charge in [0, 0.05) is 30.1 Å². The molecule has 1 aromatic carbocycles. The first kappa shape index (κ1) is 14.7. The fourth-order valence-corrected chi connectivity index (χ4v) is 2.57. The smallest absolute Gasteiger partial charge is 0.175 e. The van der Waals surface area contributed by atoms with Crippen LogP contribution in [0.25, 0.3) is 0 Å². The van der Waals surface area contributed by atoms with Gasteiger partial charge in [0.1, 0.15) is 0 Å². The molecule has 1 heterocycles. The molecule has 0 fully saturated rings. The molecule has 5 nitrogen and oxygen atoms in total. The lowest BCUT2D eigenvalue weighted by molar-refractivity contribution is 0.572. The third-order valence-corrected chi connectivity index (χ3v) is 4.47. The van der Waals surface area contributed by atoms with Crippen molar-refractivity contribution in [3.63, 3.8) is 0 Å². The molecule has 0 radical (unpaired) electrons. The lowest BCUT2D eigenvalue weighted by Crippen LogP contribution is -2.18. The molecule has 0 amide bonds. The van der Waals surface area contributed by atoms with Crippen molar-refractivity contribution in [2.75, 3.05) is 6.26 Å². The van der Waals surface area contributed by atoms with E-state index in [2.05, 4.69) is 15.5 Å². The van der Waals surface area contributed by atoms with Gasteiger partial charge >= 0.3 is 0 Å². The van der Waals surface area contributed by atoms with Crippen molar-refractivity contribution in [2.24, 2.45) is 0 Å². The number of H-pyrrole nitrogens is 1. The Labute approximate surface area is 119 Å². The third kappa shape index (κ3) is 3.46. The van der Waals surface area contributed by atoms with Gasteiger partial charge in [-0.2, -0.15) is 5.10 Å². The van der Waals surface area contributed by atoms with Gasteiger partial charge in [-0.05, 0) is 31.5 Å². The normalized spacial score (nSPS) is 13.3. The van der Waals surface area contributed by atoms with Gasteiger partial charge in [-0.3, -0.25) is 5.10 Å². The maximum absolute atomic E-state index is 11.4. The van der Waals surface area contributed by atoms with Crippen LogP contribution < -0.4 is 5.32 Å². The van der Waals surface area contributed by atoms with Gasteiger partial charge < -0.3 is 5.32 Å². The van der Waals surface area contributed by atoms with Gasteiger partial charge in [0.15, 0.2) is 9.84 Å². The molecule has 2 rings (SSSR count). The van der Waals surface area contributed by atoms with E-state index in [1.807, 2.05) is 32.2 Å². The summed E-state index contributed by atoms with van der Waals surface area (Å²) in [7, 11) is -3.13. The molecule has 1 atom stereocenters. The lowest BCUT2D eigenvalue weighted by Gasteiger charge is -2.14. The second-order valence-corrected chi connectivity index (χ2v) is 6.98. The molecule has 6 heteroatoms. The van der Waals surface area contributed by atoms with E-state index in [0.717, 1.165) is 23.4 Å². The first-order valence-corrected chi connectivity index (χ1v) is 8.29. The molecule has 0 aliphatic carbocycles. The predicted molar refractivity (Wildman–Crippen MR) is 78.1 cm³/mol. The number of nitrogens with one attached hydrogen (secondary N) is 2. The van der Waals surface area contributed by atoms with E-state index in [1.54, 1.807) is 12.1 Å². The molecule has 0 saturated heterocycles. The monoisotopic (exact) mass is 293 g/mol. The summed E-state index contributed by atoms with van der Waals surface area (Å²) in [5, 5.41) is 10.3. The first-order chi connectivity index (χ1) is 9.38. The topological polar surface area (TPSA) is 74.8 Å². The number of sulfone groups is 1. The highest BCUT2D eigenvalue weighted by Gasteiger charge is 2.10. The van der Waals surface area contributed by atoms with E-state index in [1.165, 1.54) is 6.26 Å². The fourth-order valence-electron chi connectivity index (χ4n) is 1.94. The average Bonchev–Trinajstić information content (AvgIpc) is 2.81. The van der Waals surface area contributed by atoms with Crippen molar-refractivity contribution >= 4 is 9.84 Å². The number of aryl methyl sites for hydroxylation is 1. The molecule has 0 saturated carbocycles. The highest BCUT2D eigenvalue weighted by Crippen LogP contribution is 2.17. The van der Waals surface area contributed by atoms with Crippen molar-refractivity contribution in [2.45, 2.75) is 31.3 Å². The van der Waals surface area contributed by atoms with Crippen LogP contribution in [0, 0.1) is 6.92 Å². The maximum atomic E-state index is 11.4. The Morgan fingerprint density at radius 2 is 1.95 bits per heavy atom. The Morgan fingerprint density at radius 3 is 2.45 bits per heavy atom. The van der Waals surface area contributed by atoms with Gasteiger partial charge in [0.05, 0.1) is 11.1 Å². The van der Waals surface area contributed by atoms with E-state index < -0.39 is 9.84 Å². The molecule has 0 spiro atoms. The molecular formula is C14H19N3O2S. The second kappa shape index (κ2) is 5.76. The summed E-state index contributed by atoms with van der Waals surface area (Å²) < 4.78 is 22.8. The number of hydrogen-bond donors (Lipinski definition) is 2. The van der Waals surface area contributed by atoms with Crippen LogP contribution in [-0.4, -0.2) is 24.9 Å². The number of nitrogens with zero attached hydrogens (tertiary/aromatic N) is 1. The summed E-state index contributed by atoms with van der Waals surface area (Å²) in [5.41, 5.74) is 3.24. The number of aromatic nitrogens is 2. The molecule has 2 N–H and O–H groups in total. The van der Waals surface area contributed by atoms with Crippen molar-refractivity contribution in [1.29, 1.82) is 0 Å². The van der Waals surface area contributed by atoms with Crippen LogP contribution in [-0.2, 0) is 16.4 Å². The molecule has 1 aromatic heterocycles. The molecule has 0 aliphatic rings. The molecule has 108 valence electrons. The van der Waals surface area contributed by atoms with Crippen LogP contribution in [0.3, 0.4) is 0 Å². The molecule has 2 aromatic rings. The summed E-state index contributed by atoms with van der Waals surface area (Å²) in [6, 6.07) is 7.11. The van der Waals surface area contributed by atoms with E-state index in [-0.39, 0.29) is 6.04 Å². The van der Waals surface area contributed by atoms with Gasteiger partial charge in [-0.15, -0.1) is 0 Å². The Bertz CT molecular complexity index is 675. The molecule has 1 unspecified atom stereocenters. The zero-order chi connectivity index (χ0) is 14.8. The van der Waals surface area contributed by atoms with Crippen LogP contribution in [0.1, 0.15) is 29.8 Å². The summed E-state index contributed by atoms with van der Waals surface area (Å²) in [5.74, 6) is 0. The van der Waals surface area contributed by atoms with Gasteiger partial charge in [-0.1, -0.05) is 12.1 Å². The van der Waals surface area contributed by atoms with Crippen molar-refractivity contribution in [1.82, 2.24) is 15.5 Å². The van der Waals surface area contributed by atoms with Crippen LogP contribution in [0.5, 0.6) is 0 Å². The number of rotatable bonds is 5. The Hall–Kier alpha value is -1.66. The zero-order valence-electron chi connectivity index (χ0n) is 11.8. The standard InChI is InChI=1S/C14H19N3O2S/c1-10(15-8-13-9-16-17-11(13)2)12-4-6-14(7-5-12)20(3,18)19/h4-7,9-10,15H,8H2,1-3H3,(H,16,17). The van der Waals surface area contributed by atoms with E-state index in [9.17, 15) is 8.42 Å². The quantitative estimate of drug-likeness (QED) is 0.884.